The second-order valence-electron chi connectivity index (χ2n) is 4.55. The molecule has 1 aromatic carbocycles. The Morgan fingerprint density at radius 2 is 2.27 bits per heavy atom. The molecule has 1 N–H and O–H groups in total. The maximum atomic E-state index is 13.6. The quantitative estimate of drug-likeness (QED) is 0.741. The third kappa shape index (κ3) is 2.36. The minimum Gasteiger partial charge on any atom is -0.267 e. The van der Waals surface area contributed by atoms with Gasteiger partial charge in [-0.2, -0.15) is 14.6 Å². The topological polar surface area (TPSA) is 88.8 Å². The molecule has 0 unspecified atom stereocenters. The van der Waals surface area contributed by atoms with Crippen molar-refractivity contribution >= 4 is 22.9 Å². The Kier molecular flexibility index (Phi) is 3.45. The average Bonchev–Trinajstić information content (AvgIpc) is 2.88. The second-order valence-corrected chi connectivity index (χ2v) is 4.55. The third-order valence-electron chi connectivity index (χ3n) is 3.23. The number of aromatic nitrogens is 5. The van der Waals surface area contributed by atoms with Gasteiger partial charge in [0.1, 0.15) is 18.0 Å². The molecular formula is C13H10F2N6O. The summed E-state index contributed by atoms with van der Waals surface area (Å²) < 4.78 is 27.6. The fourth-order valence-electron chi connectivity index (χ4n) is 2.22. The van der Waals surface area contributed by atoms with E-state index >= 15 is 0 Å². The van der Waals surface area contributed by atoms with Gasteiger partial charge >= 0.3 is 0 Å². The number of halogens is 2. The molecule has 7 nitrogen and oxygen atoms in total. The minimum absolute atomic E-state index is 0.00623. The first-order chi connectivity index (χ1) is 10.6. The Morgan fingerprint density at radius 3 is 2.95 bits per heavy atom. The molecule has 2 heterocycles. The summed E-state index contributed by atoms with van der Waals surface area (Å²) >= 11 is 0. The lowest BCUT2D eigenvalue weighted by atomic mass is 10.1. The molecule has 3 rings (SSSR count). The minimum atomic E-state index is -0.686. The van der Waals surface area contributed by atoms with E-state index in [0.717, 1.165) is 12.1 Å². The van der Waals surface area contributed by atoms with Crippen LogP contribution in [0.25, 0.3) is 10.8 Å². The Labute approximate surface area is 122 Å². The number of nitrogens with one attached hydrogen (secondary N) is 1. The molecule has 0 atom stereocenters. The predicted molar refractivity (Wildman–Crippen MR) is 75.4 cm³/mol. The number of nitrogens with zero attached hydrogens (tertiary/aromatic N) is 5. The number of aromatic amines is 1. The van der Waals surface area contributed by atoms with E-state index in [1.54, 1.807) is 11.7 Å². The van der Waals surface area contributed by atoms with E-state index in [1.807, 2.05) is 0 Å². The van der Waals surface area contributed by atoms with Crippen LogP contribution in [0.5, 0.6) is 0 Å². The summed E-state index contributed by atoms with van der Waals surface area (Å²) in [4.78, 5) is 19.4. The van der Waals surface area contributed by atoms with Gasteiger partial charge in [-0.15, -0.1) is 0 Å². The van der Waals surface area contributed by atoms with Crippen LogP contribution in [0, 0.1) is 5.82 Å². The van der Waals surface area contributed by atoms with Crippen molar-refractivity contribution in [2.75, 3.05) is 0 Å². The first-order valence-electron chi connectivity index (χ1n) is 6.26. The van der Waals surface area contributed by atoms with Gasteiger partial charge in [-0.05, 0) is 6.07 Å². The Morgan fingerprint density at radius 1 is 1.45 bits per heavy atom. The number of rotatable bonds is 3. The highest BCUT2D eigenvalue weighted by Crippen LogP contribution is 2.28. The van der Waals surface area contributed by atoms with Crippen molar-refractivity contribution in [1.29, 1.82) is 0 Å². The van der Waals surface area contributed by atoms with Crippen molar-refractivity contribution in [2.24, 2.45) is 12.0 Å². The average molecular weight is 304 g/mol. The first-order valence-corrected chi connectivity index (χ1v) is 6.26. The lowest BCUT2D eigenvalue weighted by Crippen LogP contribution is -2.13. The normalized spacial score (nSPS) is 11.6. The molecule has 0 saturated heterocycles. The van der Waals surface area contributed by atoms with Gasteiger partial charge in [0.2, 0.25) is 0 Å². The first kappa shape index (κ1) is 14.0. The van der Waals surface area contributed by atoms with Crippen molar-refractivity contribution in [3.8, 4) is 0 Å². The van der Waals surface area contributed by atoms with Crippen LogP contribution < -0.4 is 5.56 Å². The zero-order chi connectivity index (χ0) is 15.7. The molecule has 0 spiro atoms. The highest BCUT2D eigenvalue weighted by molar-refractivity contribution is 5.94. The van der Waals surface area contributed by atoms with Gasteiger partial charge < -0.3 is 0 Å². The van der Waals surface area contributed by atoms with Gasteiger partial charge in [-0.3, -0.25) is 9.48 Å². The number of H-pyrrole nitrogens is 1. The maximum Gasteiger partial charge on any atom is 0.272 e. The number of hydrogen-bond donors (Lipinski definition) is 1. The lowest BCUT2D eigenvalue weighted by molar-refractivity contribution is 0.629. The third-order valence-corrected chi connectivity index (χ3v) is 3.23. The second kappa shape index (κ2) is 5.43. The van der Waals surface area contributed by atoms with Crippen molar-refractivity contribution in [3.05, 3.63) is 46.1 Å². The molecule has 3 aromatic rings. The zero-order valence-corrected chi connectivity index (χ0v) is 11.4. The van der Waals surface area contributed by atoms with E-state index < -0.39 is 11.4 Å². The van der Waals surface area contributed by atoms with E-state index in [0.29, 0.717) is 11.5 Å². The molecule has 9 heteroatoms. The number of aryl methyl sites for hydroxylation is 1. The smallest absolute Gasteiger partial charge is 0.267 e. The van der Waals surface area contributed by atoms with Gasteiger partial charge in [0.05, 0.1) is 23.2 Å². The van der Waals surface area contributed by atoms with Crippen LogP contribution in [0.1, 0.15) is 11.5 Å². The molecule has 0 aliphatic rings. The van der Waals surface area contributed by atoms with Crippen molar-refractivity contribution in [3.63, 3.8) is 0 Å². The number of benzene rings is 1. The largest absolute Gasteiger partial charge is 0.272 e. The van der Waals surface area contributed by atoms with Crippen LogP contribution in [-0.4, -0.2) is 31.4 Å². The van der Waals surface area contributed by atoms with E-state index in [9.17, 15) is 13.6 Å². The SMILES string of the molecule is Cn1ncnc1Cc1n[nH]c(=O)c2cc(F)cc(N=CF)c12. The standard InChI is InChI=1S/C13H10F2N6O/c1-21-11(17-6-18-21)4-10-12-8(13(22)20-19-10)2-7(15)3-9(12)16-5-14/h2-3,5-6H,4H2,1H3,(H,20,22). The van der Waals surface area contributed by atoms with E-state index in [-0.39, 0.29) is 29.3 Å². The summed E-state index contributed by atoms with van der Waals surface area (Å²) in [5, 5.41) is 10.5. The highest BCUT2D eigenvalue weighted by atomic mass is 19.1. The summed E-state index contributed by atoms with van der Waals surface area (Å²) in [6, 6.07) is 2.10. The van der Waals surface area contributed by atoms with Crippen LogP contribution in [0.15, 0.2) is 28.2 Å². The monoisotopic (exact) mass is 304 g/mol. The Balaban J connectivity index is 2.29. The van der Waals surface area contributed by atoms with Crippen LogP contribution in [-0.2, 0) is 13.5 Å². The molecule has 0 radical (unpaired) electrons. The zero-order valence-electron chi connectivity index (χ0n) is 11.4. The van der Waals surface area contributed by atoms with Gasteiger partial charge in [-0.25, -0.2) is 19.5 Å². The molecule has 112 valence electrons. The molecule has 2 aromatic heterocycles. The Hall–Kier alpha value is -2.97. The summed E-state index contributed by atoms with van der Waals surface area (Å²) in [5.41, 5.74) is -0.189. The molecular weight excluding hydrogens is 294 g/mol. The molecule has 0 bridgehead atoms. The Bertz CT molecular complexity index is 930. The van der Waals surface area contributed by atoms with Gasteiger partial charge in [0.25, 0.3) is 5.56 Å². The summed E-state index contributed by atoms with van der Waals surface area (Å²) in [6.07, 6.45) is 1.60. The van der Waals surface area contributed by atoms with Crippen LogP contribution >= 0.6 is 0 Å². The van der Waals surface area contributed by atoms with Crippen LogP contribution in [0.2, 0.25) is 0 Å². The highest BCUT2D eigenvalue weighted by Gasteiger charge is 2.15. The fraction of sp³-hybridized carbons (Fsp3) is 0.154. The van der Waals surface area contributed by atoms with Gasteiger partial charge in [-0.1, -0.05) is 0 Å². The molecule has 22 heavy (non-hydrogen) atoms. The summed E-state index contributed by atoms with van der Waals surface area (Å²) in [6.45, 7) is 0.0432. The van der Waals surface area contributed by atoms with Crippen molar-refractivity contribution < 1.29 is 8.78 Å². The predicted octanol–water partition coefficient (Wildman–Crippen LogP) is 1.41. The van der Waals surface area contributed by atoms with E-state index in [1.165, 1.54) is 6.33 Å². The molecule has 0 amide bonds. The van der Waals surface area contributed by atoms with Gasteiger partial charge in [0, 0.05) is 18.5 Å². The number of fused-ring (bicyclic) bond motifs is 1. The van der Waals surface area contributed by atoms with E-state index in [2.05, 4.69) is 25.3 Å². The van der Waals surface area contributed by atoms with Crippen LogP contribution in [0.3, 0.4) is 0 Å². The molecule has 0 aliphatic carbocycles. The molecule has 0 saturated carbocycles. The summed E-state index contributed by atoms with van der Waals surface area (Å²) in [5.74, 6) is -0.102. The fourth-order valence-corrected chi connectivity index (χ4v) is 2.22. The number of aliphatic imine (C=N–C) groups is 1. The maximum absolute atomic E-state index is 13.6. The number of hydrogen-bond acceptors (Lipinski definition) is 5. The van der Waals surface area contributed by atoms with Crippen LogP contribution in [0.4, 0.5) is 14.5 Å². The summed E-state index contributed by atoms with van der Waals surface area (Å²) in [7, 11) is 1.70. The lowest BCUT2D eigenvalue weighted by Gasteiger charge is -2.07. The van der Waals surface area contributed by atoms with Crippen molar-refractivity contribution in [1.82, 2.24) is 25.0 Å². The van der Waals surface area contributed by atoms with E-state index in [4.69, 9.17) is 0 Å². The molecule has 0 aliphatic heterocycles. The molecule has 0 fully saturated rings. The van der Waals surface area contributed by atoms with Crippen molar-refractivity contribution in [2.45, 2.75) is 6.42 Å². The van der Waals surface area contributed by atoms with Gasteiger partial charge in [0.15, 0.2) is 6.47 Å².